The molecule has 0 aromatic heterocycles. The number of nitrogens with one attached hydrogen (secondary N) is 1. The first kappa shape index (κ1) is 15.0. The van der Waals surface area contributed by atoms with Crippen molar-refractivity contribution < 1.29 is 13.2 Å². The molecule has 0 unspecified atom stereocenters. The van der Waals surface area contributed by atoms with Crippen LogP contribution in [0.15, 0.2) is 17.0 Å². The average Bonchev–Trinajstić information content (AvgIpc) is 2.15. The van der Waals surface area contributed by atoms with Gasteiger partial charge in [0.25, 0.3) is 0 Å². The quantitative estimate of drug-likeness (QED) is 0.849. The van der Waals surface area contributed by atoms with Crippen molar-refractivity contribution in [3.8, 4) is 0 Å². The lowest BCUT2D eigenvalue weighted by Crippen LogP contribution is -2.27. The molecule has 4 nitrogen and oxygen atoms in total. The summed E-state index contributed by atoms with van der Waals surface area (Å²) in [7, 11) is -2.29. The van der Waals surface area contributed by atoms with Crippen LogP contribution < -0.4 is 4.72 Å². The van der Waals surface area contributed by atoms with Crippen molar-refractivity contribution in [1.82, 2.24) is 4.72 Å². The van der Waals surface area contributed by atoms with E-state index in [1.54, 1.807) is 0 Å². The van der Waals surface area contributed by atoms with E-state index in [1.165, 1.54) is 19.2 Å². The first-order valence-corrected chi connectivity index (χ1v) is 7.13. The van der Waals surface area contributed by atoms with Gasteiger partial charge in [-0.15, -0.1) is 0 Å². The summed E-state index contributed by atoms with van der Waals surface area (Å²) < 4.78 is 30.8. The Hall–Kier alpha value is -0.0400. The van der Waals surface area contributed by atoms with Crippen LogP contribution in [0, 0.1) is 0 Å². The molecule has 0 heterocycles. The summed E-state index contributed by atoms with van der Waals surface area (Å²) in [5, 5.41) is 0.232. The van der Waals surface area contributed by atoms with Gasteiger partial charge in [0.2, 0.25) is 10.0 Å². The Labute approximate surface area is 115 Å². The third kappa shape index (κ3) is 3.98. The molecule has 96 valence electrons. The van der Waals surface area contributed by atoms with Gasteiger partial charge in [0.05, 0.1) is 16.7 Å². The zero-order chi connectivity index (χ0) is 13.1. The molecule has 0 saturated heterocycles. The molecule has 1 aromatic rings. The van der Waals surface area contributed by atoms with Gasteiger partial charge in [-0.2, -0.15) is 0 Å². The van der Waals surface area contributed by atoms with Crippen LogP contribution in [0.5, 0.6) is 0 Å². The molecule has 0 saturated carbocycles. The zero-order valence-electron chi connectivity index (χ0n) is 8.84. The van der Waals surface area contributed by atoms with E-state index < -0.39 is 10.0 Å². The summed E-state index contributed by atoms with van der Waals surface area (Å²) in [4.78, 5) is -0.179. The van der Waals surface area contributed by atoms with Crippen LogP contribution in [-0.2, 0) is 14.8 Å². The van der Waals surface area contributed by atoms with E-state index in [0.29, 0.717) is 0 Å². The van der Waals surface area contributed by atoms with Gasteiger partial charge in [-0.05, 0) is 12.1 Å². The molecule has 0 aliphatic rings. The molecule has 1 N–H and O–H groups in total. The lowest BCUT2D eigenvalue weighted by Gasteiger charge is -2.10. The van der Waals surface area contributed by atoms with Crippen molar-refractivity contribution >= 4 is 44.8 Å². The predicted octanol–water partition coefficient (Wildman–Crippen LogP) is 2.57. The first-order valence-electron chi connectivity index (χ1n) is 4.51. The summed E-state index contributed by atoms with van der Waals surface area (Å²) in [6, 6.07) is 2.64. The Kier molecular flexibility index (Phi) is 5.50. The van der Waals surface area contributed by atoms with Crippen LogP contribution in [0.1, 0.15) is 0 Å². The number of hydrogen-bond donors (Lipinski definition) is 1. The Bertz CT molecular complexity index is 481. The van der Waals surface area contributed by atoms with Gasteiger partial charge < -0.3 is 4.74 Å². The van der Waals surface area contributed by atoms with Crippen LogP contribution in [0.25, 0.3) is 0 Å². The number of ether oxygens (including phenoxy) is 1. The fraction of sp³-hybridized carbons (Fsp3) is 0.333. The highest BCUT2D eigenvalue weighted by molar-refractivity contribution is 7.89. The zero-order valence-corrected chi connectivity index (χ0v) is 11.9. The highest BCUT2D eigenvalue weighted by Gasteiger charge is 2.21. The number of hydrogen-bond acceptors (Lipinski definition) is 3. The van der Waals surface area contributed by atoms with E-state index in [4.69, 9.17) is 39.5 Å². The Morgan fingerprint density at radius 3 is 2.24 bits per heavy atom. The monoisotopic (exact) mass is 317 g/mol. The molecule has 0 aliphatic heterocycles. The fourth-order valence-electron chi connectivity index (χ4n) is 1.14. The van der Waals surface area contributed by atoms with Crippen molar-refractivity contribution in [3.63, 3.8) is 0 Å². The summed E-state index contributed by atoms with van der Waals surface area (Å²) in [5.74, 6) is 0. The number of rotatable bonds is 5. The van der Waals surface area contributed by atoms with E-state index in [1.807, 2.05) is 0 Å². The van der Waals surface area contributed by atoms with Gasteiger partial charge in [-0.1, -0.05) is 34.8 Å². The normalized spacial score (nSPS) is 11.8. The van der Waals surface area contributed by atoms with Crippen LogP contribution in [-0.4, -0.2) is 28.7 Å². The predicted molar refractivity (Wildman–Crippen MR) is 68.5 cm³/mol. The maximum atomic E-state index is 11.9. The molecule has 8 heteroatoms. The van der Waals surface area contributed by atoms with E-state index >= 15 is 0 Å². The first-order chi connectivity index (χ1) is 7.88. The van der Waals surface area contributed by atoms with Crippen LogP contribution in [0.3, 0.4) is 0 Å². The number of halogens is 3. The van der Waals surface area contributed by atoms with Crippen molar-refractivity contribution in [3.05, 3.63) is 27.2 Å². The molecular weight excluding hydrogens is 309 g/mol. The maximum absolute atomic E-state index is 11.9. The minimum Gasteiger partial charge on any atom is -0.383 e. The van der Waals surface area contributed by atoms with Crippen molar-refractivity contribution in [2.75, 3.05) is 20.3 Å². The van der Waals surface area contributed by atoms with Crippen LogP contribution in [0.4, 0.5) is 0 Å². The second-order valence-corrected chi connectivity index (χ2v) is 6.04. The third-order valence-corrected chi connectivity index (χ3v) is 4.43. The summed E-state index contributed by atoms with van der Waals surface area (Å²) >= 11 is 17.3. The molecule has 1 aromatic carbocycles. The fourth-order valence-corrected chi connectivity index (χ4v) is 3.69. The van der Waals surface area contributed by atoms with Gasteiger partial charge in [-0.3, -0.25) is 0 Å². The van der Waals surface area contributed by atoms with E-state index in [-0.39, 0.29) is 33.1 Å². The summed E-state index contributed by atoms with van der Waals surface area (Å²) in [6.07, 6.45) is 0. The average molecular weight is 319 g/mol. The highest BCUT2D eigenvalue weighted by Crippen LogP contribution is 2.32. The molecule has 1 rings (SSSR count). The lowest BCUT2D eigenvalue weighted by atomic mass is 10.4. The van der Waals surface area contributed by atoms with Crippen LogP contribution in [0.2, 0.25) is 15.1 Å². The number of methoxy groups -OCH3 is 1. The molecule has 17 heavy (non-hydrogen) atoms. The largest absolute Gasteiger partial charge is 0.383 e. The van der Waals surface area contributed by atoms with E-state index in [2.05, 4.69) is 4.72 Å². The van der Waals surface area contributed by atoms with Crippen LogP contribution >= 0.6 is 34.8 Å². The molecule has 0 aliphatic carbocycles. The lowest BCUT2D eigenvalue weighted by molar-refractivity contribution is 0.204. The molecule has 0 amide bonds. The molecule has 0 atom stereocenters. The molecule has 0 radical (unpaired) electrons. The Balaban J connectivity index is 3.07. The van der Waals surface area contributed by atoms with E-state index in [0.717, 1.165) is 0 Å². The molecular formula is C9H10Cl3NO3S. The van der Waals surface area contributed by atoms with E-state index in [9.17, 15) is 8.42 Å². The van der Waals surface area contributed by atoms with Gasteiger partial charge in [-0.25, -0.2) is 13.1 Å². The van der Waals surface area contributed by atoms with Gasteiger partial charge >= 0.3 is 0 Å². The smallest absolute Gasteiger partial charge is 0.243 e. The second kappa shape index (κ2) is 6.22. The number of sulfonamides is 1. The minimum atomic E-state index is -3.76. The van der Waals surface area contributed by atoms with Gasteiger partial charge in [0.1, 0.15) is 4.90 Å². The van der Waals surface area contributed by atoms with Crippen molar-refractivity contribution in [1.29, 1.82) is 0 Å². The Morgan fingerprint density at radius 2 is 1.76 bits per heavy atom. The molecule has 0 bridgehead atoms. The maximum Gasteiger partial charge on any atom is 0.243 e. The molecule has 0 fully saturated rings. The SMILES string of the molecule is COCCNS(=O)(=O)c1c(Cl)cc(Cl)cc1Cl. The molecule has 0 spiro atoms. The standard InChI is InChI=1S/C9H10Cl3NO3S/c1-16-3-2-13-17(14,15)9-7(11)4-6(10)5-8(9)12/h4-5,13H,2-3H2,1H3. The van der Waals surface area contributed by atoms with Crippen molar-refractivity contribution in [2.24, 2.45) is 0 Å². The summed E-state index contributed by atoms with van der Waals surface area (Å²) in [6.45, 7) is 0.385. The summed E-state index contributed by atoms with van der Waals surface area (Å²) in [5.41, 5.74) is 0. The van der Waals surface area contributed by atoms with Gasteiger partial charge in [0.15, 0.2) is 0 Å². The Morgan fingerprint density at radius 1 is 1.24 bits per heavy atom. The second-order valence-electron chi connectivity index (χ2n) is 3.09. The minimum absolute atomic E-state index is 0.0209. The third-order valence-electron chi connectivity index (χ3n) is 1.83. The number of benzene rings is 1. The van der Waals surface area contributed by atoms with Gasteiger partial charge in [0, 0.05) is 18.7 Å². The van der Waals surface area contributed by atoms with Crippen molar-refractivity contribution in [2.45, 2.75) is 4.90 Å². The highest BCUT2D eigenvalue weighted by atomic mass is 35.5. The topological polar surface area (TPSA) is 55.4 Å².